The molecule has 3 rings (SSSR count). The predicted molar refractivity (Wildman–Crippen MR) is 96.3 cm³/mol. The van der Waals surface area contributed by atoms with E-state index < -0.39 is 5.97 Å². The lowest BCUT2D eigenvalue weighted by molar-refractivity contribution is -0.255. The molecule has 0 bridgehead atoms. The predicted octanol–water partition coefficient (Wildman–Crippen LogP) is 2.64. The number of anilines is 3. The van der Waals surface area contributed by atoms with Crippen molar-refractivity contribution in [2.24, 2.45) is 0 Å². The molecule has 0 aliphatic rings. The minimum absolute atomic E-state index is 0.0972. The van der Waals surface area contributed by atoms with Crippen LogP contribution < -0.4 is 15.7 Å². The summed E-state index contributed by atoms with van der Waals surface area (Å²) in [4.78, 5) is 31.7. The number of hydrogen-bond acceptors (Lipinski definition) is 8. The second-order valence-electron chi connectivity index (χ2n) is 5.15. The van der Waals surface area contributed by atoms with Crippen molar-refractivity contribution in [2.45, 2.75) is 13.8 Å². The molecular formula is C16H13N4O3S2-. The Labute approximate surface area is 151 Å². The first-order valence-corrected chi connectivity index (χ1v) is 8.91. The molecule has 9 heteroatoms. The van der Waals surface area contributed by atoms with E-state index in [0.29, 0.717) is 16.0 Å². The molecule has 0 aliphatic heterocycles. The summed E-state index contributed by atoms with van der Waals surface area (Å²) >= 11 is 2.75. The molecule has 7 nitrogen and oxygen atoms in total. The number of nitrogens with one attached hydrogen (secondary N) is 2. The van der Waals surface area contributed by atoms with Crippen LogP contribution in [0.25, 0.3) is 10.6 Å². The highest BCUT2D eigenvalue weighted by molar-refractivity contribution is 7.20. The number of aromatic nitrogens is 2. The highest BCUT2D eigenvalue weighted by Gasteiger charge is 2.14. The molecule has 0 spiro atoms. The smallest absolute Gasteiger partial charge is 0.223 e. The van der Waals surface area contributed by atoms with Crippen LogP contribution in [0.2, 0.25) is 0 Å². The van der Waals surface area contributed by atoms with E-state index in [2.05, 4.69) is 20.6 Å². The van der Waals surface area contributed by atoms with E-state index >= 15 is 0 Å². The number of thiazole rings is 2. The molecule has 2 heterocycles. The fourth-order valence-corrected chi connectivity index (χ4v) is 3.89. The number of aromatic carboxylic acids is 1. The number of carbonyl (C=O) groups is 2. The number of amides is 1. The van der Waals surface area contributed by atoms with Crippen LogP contribution in [0.4, 0.5) is 16.0 Å². The summed E-state index contributed by atoms with van der Waals surface area (Å²) in [5.41, 5.74) is 2.24. The fraction of sp³-hybridized carbons (Fsp3) is 0.125. The van der Waals surface area contributed by atoms with Gasteiger partial charge < -0.3 is 20.5 Å². The number of hydrogen-bond donors (Lipinski definition) is 2. The normalized spacial score (nSPS) is 10.5. The molecular weight excluding hydrogens is 360 g/mol. The third kappa shape index (κ3) is 4.01. The molecule has 0 fully saturated rings. The van der Waals surface area contributed by atoms with Gasteiger partial charge in [0.25, 0.3) is 0 Å². The Morgan fingerprint density at radius 2 is 2.00 bits per heavy atom. The van der Waals surface area contributed by atoms with Gasteiger partial charge in [0.2, 0.25) is 5.91 Å². The summed E-state index contributed by atoms with van der Waals surface area (Å²) in [7, 11) is 0. The lowest BCUT2D eigenvalue weighted by Crippen LogP contribution is -2.22. The fourth-order valence-electron chi connectivity index (χ4n) is 2.12. The molecule has 2 N–H and O–H groups in total. The van der Waals surface area contributed by atoms with E-state index in [1.54, 1.807) is 12.1 Å². The molecule has 128 valence electrons. The minimum atomic E-state index is -1.23. The summed E-state index contributed by atoms with van der Waals surface area (Å²) in [6, 6.07) is 6.34. The number of benzene rings is 1. The number of rotatable bonds is 5. The quantitative estimate of drug-likeness (QED) is 0.712. The minimum Gasteiger partial charge on any atom is -0.545 e. The van der Waals surface area contributed by atoms with Gasteiger partial charge in [0.05, 0.1) is 22.2 Å². The second kappa shape index (κ2) is 6.99. The van der Waals surface area contributed by atoms with E-state index in [0.717, 1.165) is 16.3 Å². The van der Waals surface area contributed by atoms with Crippen molar-refractivity contribution in [3.63, 3.8) is 0 Å². The van der Waals surface area contributed by atoms with Crippen LogP contribution >= 0.6 is 22.7 Å². The van der Waals surface area contributed by atoms with Gasteiger partial charge >= 0.3 is 0 Å². The standard InChI is InChI=1S/C16H14N4O3S2/c1-8-13(25-16(17-8)18-9(2)21)12-7-24-15(20-12)19-11-5-3-4-10(6-11)14(22)23/h3-7H,1-2H3,(H,19,20)(H,22,23)(H,17,18,21)/p-1. The van der Waals surface area contributed by atoms with E-state index in [-0.39, 0.29) is 11.5 Å². The molecule has 25 heavy (non-hydrogen) atoms. The summed E-state index contributed by atoms with van der Waals surface area (Å²) in [6.45, 7) is 3.29. The molecule has 0 unspecified atom stereocenters. The Morgan fingerprint density at radius 1 is 1.20 bits per heavy atom. The van der Waals surface area contributed by atoms with Gasteiger partial charge in [-0.3, -0.25) is 4.79 Å². The molecule has 0 atom stereocenters. The number of carboxylic acids is 1. The van der Waals surface area contributed by atoms with Crippen LogP contribution in [0, 0.1) is 6.92 Å². The SMILES string of the molecule is CC(=O)Nc1nc(C)c(-c2csc(Nc3cccc(C(=O)[O-])c3)n2)s1. The largest absolute Gasteiger partial charge is 0.545 e. The highest BCUT2D eigenvalue weighted by Crippen LogP contribution is 2.35. The van der Waals surface area contributed by atoms with Crippen molar-refractivity contribution in [1.29, 1.82) is 0 Å². The van der Waals surface area contributed by atoms with E-state index in [4.69, 9.17) is 0 Å². The third-order valence-corrected chi connectivity index (χ3v) is 5.02. The average Bonchev–Trinajstić information content (AvgIpc) is 3.13. The third-order valence-electron chi connectivity index (χ3n) is 3.17. The number of carbonyl (C=O) groups excluding carboxylic acids is 2. The summed E-state index contributed by atoms with van der Waals surface area (Å²) < 4.78 is 0. The Hall–Kier alpha value is -2.78. The molecule has 2 aromatic heterocycles. The maximum Gasteiger partial charge on any atom is 0.223 e. The van der Waals surface area contributed by atoms with Crippen LogP contribution in [0.1, 0.15) is 23.0 Å². The molecule has 1 amide bonds. The number of aryl methyl sites for hydroxylation is 1. The second-order valence-corrected chi connectivity index (χ2v) is 7.00. The summed E-state index contributed by atoms with van der Waals surface area (Å²) in [6.07, 6.45) is 0. The monoisotopic (exact) mass is 373 g/mol. The lowest BCUT2D eigenvalue weighted by Gasteiger charge is -2.06. The molecule has 3 aromatic rings. The van der Waals surface area contributed by atoms with Crippen LogP contribution in [0.3, 0.4) is 0 Å². The maximum absolute atomic E-state index is 11.1. The first-order chi connectivity index (χ1) is 11.9. The van der Waals surface area contributed by atoms with Gasteiger partial charge in [0.15, 0.2) is 10.3 Å². The van der Waals surface area contributed by atoms with E-state index in [9.17, 15) is 14.7 Å². The van der Waals surface area contributed by atoms with Crippen molar-refractivity contribution < 1.29 is 14.7 Å². The Bertz CT molecular complexity index is 949. The van der Waals surface area contributed by atoms with Gasteiger partial charge in [-0.1, -0.05) is 23.5 Å². The van der Waals surface area contributed by atoms with Gasteiger partial charge in [-0.15, -0.1) is 11.3 Å². The van der Waals surface area contributed by atoms with Crippen molar-refractivity contribution >= 4 is 50.5 Å². The van der Waals surface area contributed by atoms with Crippen molar-refractivity contribution in [3.05, 3.63) is 40.9 Å². The first kappa shape index (κ1) is 17.1. The van der Waals surface area contributed by atoms with E-state index in [1.807, 2.05) is 12.3 Å². The Balaban J connectivity index is 1.81. The molecule has 1 aromatic carbocycles. The zero-order valence-corrected chi connectivity index (χ0v) is 15.0. The molecule has 0 saturated carbocycles. The molecule has 0 radical (unpaired) electrons. The van der Waals surface area contributed by atoms with Crippen LogP contribution in [0.5, 0.6) is 0 Å². The number of carboxylic acid groups (broad SMARTS) is 1. The zero-order valence-electron chi connectivity index (χ0n) is 13.3. The first-order valence-electron chi connectivity index (χ1n) is 7.21. The topological polar surface area (TPSA) is 107 Å². The van der Waals surface area contributed by atoms with Gasteiger partial charge in [-0.25, -0.2) is 9.97 Å². The van der Waals surface area contributed by atoms with Gasteiger partial charge in [-0.05, 0) is 24.6 Å². The molecule has 0 saturated heterocycles. The average molecular weight is 373 g/mol. The Morgan fingerprint density at radius 3 is 2.72 bits per heavy atom. The zero-order chi connectivity index (χ0) is 18.0. The van der Waals surface area contributed by atoms with Gasteiger partial charge in [0.1, 0.15) is 0 Å². The maximum atomic E-state index is 11.1. The van der Waals surface area contributed by atoms with E-state index in [1.165, 1.54) is 41.7 Å². The van der Waals surface area contributed by atoms with Crippen molar-refractivity contribution in [2.75, 3.05) is 10.6 Å². The van der Waals surface area contributed by atoms with Crippen molar-refractivity contribution in [3.8, 4) is 10.6 Å². The highest BCUT2D eigenvalue weighted by atomic mass is 32.1. The summed E-state index contributed by atoms with van der Waals surface area (Å²) in [5.74, 6) is -1.40. The lowest BCUT2D eigenvalue weighted by atomic mass is 10.2. The van der Waals surface area contributed by atoms with Crippen LogP contribution in [0.15, 0.2) is 29.6 Å². The van der Waals surface area contributed by atoms with Crippen LogP contribution in [-0.4, -0.2) is 21.8 Å². The van der Waals surface area contributed by atoms with Crippen molar-refractivity contribution in [1.82, 2.24) is 9.97 Å². The van der Waals surface area contributed by atoms with Crippen LogP contribution in [-0.2, 0) is 4.79 Å². The number of nitrogens with zero attached hydrogens (tertiary/aromatic N) is 2. The summed E-state index contributed by atoms with van der Waals surface area (Å²) in [5, 5.41) is 19.7. The Kier molecular flexibility index (Phi) is 4.77. The van der Waals surface area contributed by atoms with Gasteiger partial charge in [-0.2, -0.15) is 0 Å². The van der Waals surface area contributed by atoms with Gasteiger partial charge in [0, 0.05) is 18.0 Å². The molecule has 0 aliphatic carbocycles.